The largest absolute Gasteiger partial charge is 0.388 e. The van der Waals surface area contributed by atoms with Gasteiger partial charge < -0.3 is 10.0 Å². The molecule has 0 bridgehead atoms. The van der Waals surface area contributed by atoms with Gasteiger partial charge in [0.1, 0.15) is 5.82 Å². The Kier molecular flexibility index (Phi) is 4.08. The van der Waals surface area contributed by atoms with Crippen LogP contribution in [-0.2, 0) is 0 Å². The summed E-state index contributed by atoms with van der Waals surface area (Å²) in [7, 11) is 0. The van der Waals surface area contributed by atoms with E-state index in [0.717, 1.165) is 18.7 Å². The van der Waals surface area contributed by atoms with Crippen LogP contribution in [0.5, 0.6) is 0 Å². The molecular weight excluding hydrogens is 291 g/mol. The van der Waals surface area contributed by atoms with E-state index in [4.69, 9.17) is 11.6 Å². The Hall–Kier alpha value is -1.65. The minimum atomic E-state index is -0.513. The highest BCUT2D eigenvalue weighted by Crippen LogP contribution is 2.33. The maximum Gasteiger partial charge on any atom is 0.147 e. The molecule has 1 N–H and O–H groups in total. The van der Waals surface area contributed by atoms with Crippen LogP contribution >= 0.6 is 11.6 Å². The molecule has 1 saturated heterocycles. The molecule has 1 atom stereocenters. The number of aliphatic hydroxyl groups is 1. The normalized spacial score (nSPS) is 16.6. The van der Waals surface area contributed by atoms with E-state index in [1.54, 1.807) is 24.5 Å². The van der Waals surface area contributed by atoms with E-state index in [1.807, 2.05) is 17.0 Å². The van der Waals surface area contributed by atoms with Gasteiger partial charge in [0.2, 0.25) is 0 Å². The summed E-state index contributed by atoms with van der Waals surface area (Å²) in [6.45, 7) is 1.49. The monoisotopic (exact) mass is 306 g/mol. The van der Waals surface area contributed by atoms with Crippen LogP contribution < -0.4 is 4.90 Å². The first kappa shape index (κ1) is 14.3. The highest BCUT2D eigenvalue weighted by molar-refractivity contribution is 6.30. The molecule has 3 rings (SSSR count). The van der Waals surface area contributed by atoms with Crippen LogP contribution in [0.2, 0.25) is 5.02 Å². The number of nitrogens with zero attached hydrogens (tertiary/aromatic N) is 2. The highest BCUT2D eigenvalue weighted by atomic mass is 35.5. The van der Waals surface area contributed by atoms with E-state index < -0.39 is 6.10 Å². The van der Waals surface area contributed by atoms with Gasteiger partial charge in [0.15, 0.2) is 0 Å². The number of pyridine rings is 1. The Morgan fingerprint density at radius 1 is 1.38 bits per heavy atom. The van der Waals surface area contributed by atoms with Crippen LogP contribution in [0, 0.1) is 11.7 Å². The molecule has 1 aliphatic rings. The van der Waals surface area contributed by atoms with Crippen molar-refractivity contribution in [2.24, 2.45) is 5.92 Å². The second-order valence-electron chi connectivity index (χ2n) is 5.40. The van der Waals surface area contributed by atoms with Gasteiger partial charge >= 0.3 is 0 Å². The van der Waals surface area contributed by atoms with Crippen molar-refractivity contribution in [1.29, 1.82) is 0 Å². The summed E-state index contributed by atoms with van der Waals surface area (Å²) in [5, 5.41) is 10.6. The lowest BCUT2D eigenvalue weighted by atomic mass is 9.90. The summed E-state index contributed by atoms with van der Waals surface area (Å²) in [5.74, 6) is 0.0593. The fourth-order valence-corrected chi connectivity index (χ4v) is 2.84. The standard InChI is InChI=1S/C16H16ClFN2O/c17-13-3-4-15(14(18)7-13)20-9-11(10-20)6-16(21)12-2-1-5-19-8-12/h1-5,7-8,11,16,21H,6,9-10H2. The van der Waals surface area contributed by atoms with E-state index in [2.05, 4.69) is 4.98 Å². The maximum absolute atomic E-state index is 13.8. The summed E-state index contributed by atoms with van der Waals surface area (Å²) in [6.07, 6.45) is 3.52. The van der Waals surface area contributed by atoms with E-state index in [-0.39, 0.29) is 5.82 Å². The fraction of sp³-hybridized carbons (Fsp3) is 0.312. The van der Waals surface area contributed by atoms with Gasteiger partial charge in [0.05, 0.1) is 11.8 Å². The molecular formula is C16H16ClFN2O. The van der Waals surface area contributed by atoms with Crippen molar-refractivity contribution in [3.8, 4) is 0 Å². The molecule has 110 valence electrons. The van der Waals surface area contributed by atoms with Crippen LogP contribution in [-0.4, -0.2) is 23.2 Å². The first-order chi connectivity index (χ1) is 10.1. The molecule has 2 aromatic rings. The second-order valence-corrected chi connectivity index (χ2v) is 5.84. The molecule has 1 fully saturated rings. The van der Waals surface area contributed by atoms with Gasteiger partial charge in [-0.05, 0) is 42.2 Å². The SMILES string of the molecule is OC(CC1CN(c2ccc(Cl)cc2F)C1)c1cccnc1. The fourth-order valence-electron chi connectivity index (χ4n) is 2.68. The van der Waals surface area contributed by atoms with Crippen molar-refractivity contribution in [2.75, 3.05) is 18.0 Å². The number of aromatic nitrogens is 1. The maximum atomic E-state index is 13.8. The Balaban J connectivity index is 1.56. The molecule has 0 saturated carbocycles. The van der Waals surface area contributed by atoms with E-state index in [9.17, 15) is 9.50 Å². The Morgan fingerprint density at radius 2 is 2.19 bits per heavy atom. The number of hydrogen-bond donors (Lipinski definition) is 1. The molecule has 0 radical (unpaired) electrons. The number of anilines is 1. The van der Waals surface area contributed by atoms with Crippen LogP contribution in [0.3, 0.4) is 0 Å². The van der Waals surface area contributed by atoms with Crippen LogP contribution in [0.25, 0.3) is 0 Å². The summed E-state index contributed by atoms with van der Waals surface area (Å²) < 4.78 is 13.8. The summed E-state index contributed by atoms with van der Waals surface area (Å²) in [4.78, 5) is 5.97. The van der Waals surface area contributed by atoms with Crippen molar-refractivity contribution in [3.63, 3.8) is 0 Å². The second kappa shape index (κ2) is 6.00. The third kappa shape index (κ3) is 3.17. The third-order valence-corrected chi connectivity index (χ3v) is 4.07. The average Bonchev–Trinajstić information content (AvgIpc) is 2.44. The molecule has 21 heavy (non-hydrogen) atoms. The number of rotatable bonds is 4. The van der Waals surface area contributed by atoms with Crippen molar-refractivity contribution < 1.29 is 9.50 Å². The van der Waals surface area contributed by atoms with Crippen molar-refractivity contribution in [1.82, 2.24) is 4.98 Å². The summed E-state index contributed by atoms with van der Waals surface area (Å²) in [6, 6.07) is 8.40. The highest BCUT2D eigenvalue weighted by Gasteiger charge is 2.30. The lowest BCUT2D eigenvalue weighted by Gasteiger charge is -2.42. The molecule has 2 heterocycles. The Labute approximate surface area is 128 Å². The Morgan fingerprint density at radius 3 is 2.86 bits per heavy atom. The first-order valence-electron chi connectivity index (χ1n) is 6.91. The van der Waals surface area contributed by atoms with Gasteiger partial charge in [-0.2, -0.15) is 0 Å². The zero-order valence-electron chi connectivity index (χ0n) is 11.4. The van der Waals surface area contributed by atoms with Crippen LogP contribution in [0.1, 0.15) is 18.1 Å². The molecule has 1 aromatic heterocycles. The van der Waals surface area contributed by atoms with Crippen molar-refractivity contribution in [3.05, 3.63) is 59.1 Å². The predicted octanol–water partition coefficient (Wildman–Crippen LogP) is 3.43. The molecule has 0 aliphatic carbocycles. The van der Waals surface area contributed by atoms with Gasteiger partial charge in [0.25, 0.3) is 0 Å². The first-order valence-corrected chi connectivity index (χ1v) is 7.29. The summed E-state index contributed by atoms with van der Waals surface area (Å²) >= 11 is 5.75. The quantitative estimate of drug-likeness (QED) is 0.940. The molecule has 0 amide bonds. The average molecular weight is 307 g/mol. The lowest BCUT2D eigenvalue weighted by Crippen LogP contribution is -2.47. The zero-order chi connectivity index (χ0) is 14.8. The van der Waals surface area contributed by atoms with Crippen molar-refractivity contribution >= 4 is 17.3 Å². The predicted molar refractivity (Wildman–Crippen MR) is 80.9 cm³/mol. The number of benzene rings is 1. The van der Waals surface area contributed by atoms with Gasteiger partial charge in [-0.1, -0.05) is 17.7 Å². The molecule has 1 unspecified atom stereocenters. The number of aliphatic hydroxyl groups excluding tert-OH is 1. The van der Waals surface area contributed by atoms with Gasteiger partial charge in [0, 0.05) is 30.5 Å². The summed E-state index contributed by atoms with van der Waals surface area (Å²) in [5.41, 5.74) is 1.40. The van der Waals surface area contributed by atoms with E-state index >= 15 is 0 Å². The Bertz CT molecular complexity index is 617. The molecule has 5 heteroatoms. The van der Waals surface area contributed by atoms with Gasteiger partial charge in [-0.15, -0.1) is 0 Å². The zero-order valence-corrected chi connectivity index (χ0v) is 12.2. The van der Waals surface area contributed by atoms with E-state index in [1.165, 1.54) is 6.07 Å². The van der Waals surface area contributed by atoms with Crippen LogP contribution in [0.15, 0.2) is 42.7 Å². The lowest BCUT2D eigenvalue weighted by molar-refractivity contribution is 0.134. The minimum absolute atomic E-state index is 0.297. The van der Waals surface area contributed by atoms with Gasteiger partial charge in [-0.3, -0.25) is 4.98 Å². The topological polar surface area (TPSA) is 36.4 Å². The molecule has 3 nitrogen and oxygen atoms in total. The molecule has 0 spiro atoms. The van der Waals surface area contributed by atoms with E-state index in [0.29, 0.717) is 23.0 Å². The minimum Gasteiger partial charge on any atom is -0.388 e. The number of halogens is 2. The van der Waals surface area contributed by atoms with Crippen molar-refractivity contribution in [2.45, 2.75) is 12.5 Å². The smallest absolute Gasteiger partial charge is 0.147 e. The number of hydrogen-bond acceptors (Lipinski definition) is 3. The molecule has 1 aromatic carbocycles. The molecule has 1 aliphatic heterocycles. The van der Waals surface area contributed by atoms with Crippen LogP contribution in [0.4, 0.5) is 10.1 Å². The van der Waals surface area contributed by atoms with Gasteiger partial charge in [-0.25, -0.2) is 4.39 Å². The third-order valence-electron chi connectivity index (χ3n) is 3.83.